The van der Waals surface area contributed by atoms with Gasteiger partial charge in [-0.15, -0.1) is 0 Å². The Morgan fingerprint density at radius 3 is 1.58 bits per heavy atom. The van der Waals surface area contributed by atoms with Gasteiger partial charge in [-0.25, -0.2) is 23.2 Å². The summed E-state index contributed by atoms with van der Waals surface area (Å²) in [5.41, 5.74) is 7.40. The van der Waals surface area contributed by atoms with E-state index in [1.807, 2.05) is 0 Å². The molecular formula is C29H29F2N5O9. The molecule has 0 spiro atoms. The molecule has 0 radical (unpaired) electrons. The zero-order chi connectivity index (χ0) is 32.7. The summed E-state index contributed by atoms with van der Waals surface area (Å²) >= 11 is 0. The maximum Gasteiger partial charge on any atom is 0.415 e. The van der Waals surface area contributed by atoms with Crippen molar-refractivity contribution in [2.24, 2.45) is 5.73 Å². The molecule has 2 saturated heterocycles. The van der Waals surface area contributed by atoms with Gasteiger partial charge in [-0.2, -0.15) is 0 Å². The van der Waals surface area contributed by atoms with Gasteiger partial charge in [0.1, 0.15) is 11.6 Å². The molecule has 2 atom stereocenters. The van der Waals surface area contributed by atoms with Gasteiger partial charge in [0.05, 0.1) is 42.9 Å². The Balaban J connectivity index is 0.000000178. The molecule has 0 aromatic heterocycles. The number of amides is 5. The van der Waals surface area contributed by atoms with E-state index in [-0.39, 0.29) is 54.8 Å². The van der Waals surface area contributed by atoms with E-state index in [1.165, 1.54) is 35.9 Å². The maximum atomic E-state index is 14.4. The summed E-state index contributed by atoms with van der Waals surface area (Å²) in [6, 6.07) is 5.58. The summed E-state index contributed by atoms with van der Waals surface area (Å²) in [6.45, 7) is -0.0976. The van der Waals surface area contributed by atoms with Crippen LogP contribution >= 0.6 is 0 Å². The van der Waals surface area contributed by atoms with Gasteiger partial charge in [-0.05, 0) is 48.2 Å². The fraction of sp³-hybridized carbons (Fsp3) is 0.379. The molecule has 0 saturated carbocycles. The number of ether oxygens (including phenoxy) is 3. The lowest BCUT2D eigenvalue weighted by atomic mass is 10.00. The van der Waals surface area contributed by atoms with Crippen molar-refractivity contribution in [2.75, 3.05) is 53.9 Å². The third-order valence-electron chi connectivity index (χ3n) is 7.92. The summed E-state index contributed by atoms with van der Waals surface area (Å²) in [5.74, 6) is -2.92. The van der Waals surface area contributed by atoms with Crippen LogP contribution in [0.3, 0.4) is 0 Å². The van der Waals surface area contributed by atoms with Crippen molar-refractivity contribution in [3.63, 3.8) is 0 Å². The lowest BCUT2D eigenvalue weighted by Crippen LogP contribution is -2.34. The largest absolute Gasteiger partial charge is 0.466 e. The first-order valence-corrected chi connectivity index (χ1v) is 13.8. The molecule has 0 bridgehead atoms. The summed E-state index contributed by atoms with van der Waals surface area (Å²) in [5, 5.41) is 0. The molecule has 238 valence electrons. The zero-order valence-corrected chi connectivity index (χ0v) is 24.5. The van der Waals surface area contributed by atoms with Crippen LogP contribution in [0.25, 0.3) is 0 Å². The average Bonchev–Trinajstić information content (AvgIpc) is 3.59. The van der Waals surface area contributed by atoms with Gasteiger partial charge in [0.15, 0.2) is 6.10 Å². The van der Waals surface area contributed by atoms with Crippen LogP contribution in [0.4, 0.5) is 41.1 Å². The number of aryl methyl sites for hydroxylation is 2. The number of carbonyl (C=O) groups is 6. The molecule has 2 aromatic rings. The van der Waals surface area contributed by atoms with Gasteiger partial charge < -0.3 is 29.7 Å². The Morgan fingerprint density at radius 2 is 1.18 bits per heavy atom. The van der Waals surface area contributed by atoms with Gasteiger partial charge in [0.2, 0.25) is 17.9 Å². The van der Waals surface area contributed by atoms with E-state index < -0.39 is 47.9 Å². The second-order valence-electron chi connectivity index (χ2n) is 10.7. The number of halogens is 2. The quantitative estimate of drug-likeness (QED) is 0.391. The van der Waals surface area contributed by atoms with Crippen molar-refractivity contribution in [1.29, 1.82) is 0 Å². The minimum atomic E-state index is -1.05. The lowest BCUT2D eigenvalue weighted by Gasteiger charge is -2.27. The van der Waals surface area contributed by atoms with Gasteiger partial charge in [-0.3, -0.25) is 24.2 Å². The zero-order valence-electron chi connectivity index (χ0n) is 24.5. The fourth-order valence-electron chi connectivity index (χ4n) is 5.54. The number of primary amides is 1. The number of anilines is 4. The highest BCUT2D eigenvalue weighted by Crippen LogP contribution is 2.36. The first-order valence-electron chi connectivity index (χ1n) is 13.8. The van der Waals surface area contributed by atoms with Crippen LogP contribution in [0.5, 0.6) is 0 Å². The number of nitrogens with zero attached hydrogens (tertiary/aromatic N) is 4. The molecule has 6 rings (SSSR count). The first kappa shape index (κ1) is 31.2. The highest BCUT2D eigenvalue weighted by Gasteiger charge is 2.39. The van der Waals surface area contributed by atoms with E-state index in [2.05, 4.69) is 4.74 Å². The Bertz CT molecular complexity index is 1630. The van der Waals surface area contributed by atoms with E-state index in [0.29, 0.717) is 29.7 Å². The molecular weight excluding hydrogens is 600 g/mol. The fourth-order valence-corrected chi connectivity index (χ4v) is 5.54. The van der Waals surface area contributed by atoms with E-state index in [9.17, 15) is 37.5 Å². The maximum absolute atomic E-state index is 14.4. The number of fused-ring (bicyclic) bond motifs is 2. The van der Waals surface area contributed by atoms with Crippen molar-refractivity contribution in [3.05, 3.63) is 47.0 Å². The smallest absolute Gasteiger partial charge is 0.415 e. The highest BCUT2D eigenvalue weighted by molar-refractivity contribution is 5.99. The number of cyclic esters (lactones) is 2. The van der Waals surface area contributed by atoms with Crippen molar-refractivity contribution in [3.8, 4) is 0 Å². The minimum absolute atomic E-state index is 0.0432. The van der Waals surface area contributed by atoms with Crippen LogP contribution in [0.15, 0.2) is 24.3 Å². The number of rotatable bonds is 4. The van der Waals surface area contributed by atoms with E-state index >= 15 is 0 Å². The number of benzene rings is 2. The van der Waals surface area contributed by atoms with E-state index in [4.69, 9.17) is 15.2 Å². The SMILES string of the molecule is CN1C(=O)CCc2cc(N3C[C@H](C(N)=O)OC3=O)cc(F)c21.COC(=O)C1CN(c2cc(F)c3c(c2)CCC(=O)N3C)C(=O)O1. The topological polar surface area (TPSA) is 169 Å². The molecule has 16 heteroatoms. The van der Waals surface area contributed by atoms with Gasteiger partial charge in [0.25, 0.3) is 5.91 Å². The second-order valence-corrected chi connectivity index (χ2v) is 10.7. The molecule has 4 heterocycles. The van der Waals surface area contributed by atoms with Crippen LogP contribution in [0, 0.1) is 11.6 Å². The average molecular weight is 630 g/mol. The van der Waals surface area contributed by atoms with E-state index in [1.54, 1.807) is 12.1 Å². The van der Waals surface area contributed by atoms with Crippen LogP contribution in [-0.2, 0) is 46.2 Å². The number of hydrogen-bond acceptors (Lipinski definition) is 9. The molecule has 2 fully saturated rings. The van der Waals surface area contributed by atoms with Crippen molar-refractivity contribution in [1.82, 2.24) is 0 Å². The van der Waals surface area contributed by atoms with Crippen LogP contribution in [-0.4, -0.2) is 82.4 Å². The third-order valence-corrected chi connectivity index (χ3v) is 7.92. The molecule has 4 aliphatic heterocycles. The molecule has 14 nitrogen and oxygen atoms in total. The van der Waals surface area contributed by atoms with Gasteiger partial charge in [0, 0.05) is 26.9 Å². The predicted octanol–water partition coefficient (Wildman–Crippen LogP) is 1.78. The standard InChI is InChI=1S/C15H15FN2O5.C14H14FN3O4/c1-17-12(19)4-3-8-5-9(6-10(16)13(8)17)18-7-11(14(20)22-2)23-15(18)21;1-17-11(19)3-2-7-4-8(5-9(15)12(7)17)18-6-10(13(16)20)22-14(18)21/h5-6,11H,3-4,7H2,1-2H3;4-5,10H,2-3,6H2,1H3,(H2,16,20)/t;10-/m.1/s1. The summed E-state index contributed by atoms with van der Waals surface area (Å²) in [7, 11) is 4.22. The van der Waals surface area contributed by atoms with Gasteiger partial charge in [-0.1, -0.05) is 0 Å². The lowest BCUT2D eigenvalue weighted by molar-refractivity contribution is -0.148. The number of carbonyl (C=O) groups excluding carboxylic acids is 6. The minimum Gasteiger partial charge on any atom is -0.466 e. The number of hydrogen-bond donors (Lipinski definition) is 1. The van der Waals surface area contributed by atoms with Crippen LogP contribution in [0.2, 0.25) is 0 Å². The van der Waals surface area contributed by atoms with Crippen molar-refractivity contribution < 1.29 is 51.8 Å². The normalized spacial score (nSPS) is 20.6. The highest BCUT2D eigenvalue weighted by atomic mass is 19.1. The molecule has 2 aromatic carbocycles. The summed E-state index contributed by atoms with van der Waals surface area (Å²) in [6.07, 6.45) is -2.21. The molecule has 2 N–H and O–H groups in total. The molecule has 0 aliphatic carbocycles. The summed E-state index contributed by atoms with van der Waals surface area (Å²) < 4.78 is 43.0. The second kappa shape index (κ2) is 12.0. The Labute approximate surface area is 255 Å². The predicted molar refractivity (Wildman–Crippen MR) is 153 cm³/mol. The number of esters is 1. The van der Waals surface area contributed by atoms with Crippen LogP contribution in [0.1, 0.15) is 24.0 Å². The third kappa shape index (κ3) is 5.82. The molecule has 5 amide bonds. The molecule has 45 heavy (non-hydrogen) atoms. The molecule has 1 unspecified atom stereocenters. The Kier molecular flexibility index (Phi) is 8.32. The summed E-state index contributed by atoms with van der Waals surface area (Å²) in [4.78, 5) is 74.5. The van der Waals surface area contributed by atoms with Crippen molar-refractivity contribution >= 4 is 58.6 Å². The van der Waals surface area contributed by atoms with Gasteiger partial charge >= 0.3 is 18.2 Å². The van der Waals surface area contributed by atoms with E-state index in [0.717, 1.165) is 17.0 Å². The number of methoxy groups -OCH3 is 1. The first-order chi connectivity index (χ1) is 21.3. The van der Waals surface area contributed by atoms with Crippen molar-refractivity contribution in [2.45, 2.75) is 37.9 Å². The molecule has 4 aliphatic rings. The van der Waals surface area contributed by atoms with Crippen LogP contribution < -0.4 is 25.3 Å². The Hall–Kier alpha value is -5.28. The number of nitrogens with two attached hydrogens (primary N) is 1. The Morgan fingerprint density at radius 1 is 0.756 bits per heavy atom. The monoisotopic (exact) mass is 629 g/mol.